The van der Waals surface area contributed by atoms with Crippen LogP contribution >= 0.6 is 0 Å². The van der Waals surface area contributed by atoms with Gasteiger partial charge in [0.25, 0.3) is 10.1 Å². The van der Waals surface area contributed by atoms with Crippen LogP contribution in [0.15, 0.2) is 0 Å². The summed E-state index contributed by atoms with van der Waals surface area (Å²) in [7, 11) is -0.0583. The highest BCUT2D eigenvalue weighted by Gasteiger charge is 2.25. The molecule has 0 rings (SSSR count). The van der Waals surface area contributed by atoms with E-state index in [1.807, 2.05) is 14.1 Å². The lowest BCUT2D eigenvalue weighted by Crippen LogP contribution is -2.54. The zero-order valence-corrected chi connectivity index (χ0v) is 21.4. The van der Waals surface area contributed by atoms with Gasteiger partial charge in [0.05, 0.1) is 26.4 Å². The summed E-state index contributed by atoms with van der Waals surface area (Å²) >= 11 is 0. The third kappa shape index (κ3) is 19.9. The molecule has 0 aliphatic carbocycles. The zero-order valence-electron chi connectivity index (χ0n) is 20.6. The summed E-state index contributed by atoms with van der Waals surface area (Å²) in [4.78, 5) is 12.1. The van der Waals surface area contributed by atoms with Crippen LogP contribution in [0.25, 0.3) is 0 Å². The molecule has 0 fully saturated rings. The van der Waals surface area contributed by atoms with Crippen LogP contribution in [0.5, 0.6) is 0 Å². The second-order valence-electron chi connectivity index (χ2n) is 9.78. The highest BCUT2D eigenvalue weighted by Crippen LogP contribution is 2.14. The van der Waals surface area contributed by atoms with Crippen molar-refractivity contribution >= 4 is 15.9 Å². The fourth-order valence-electron chi connectivity index (χ4n) is 3.94. The van der Waals surface area contributed by atoms with Crippen molar-refractivity contribution in [3.05, 3.63) is 0 Å². The molecule has 3 N–H and O–H groups in total. The van der Waals surface area contributed by atoms with E-state index in [2.05, 4.69) is 6.92 Å². The van der Waals surface area contributed by atoms with Gasteiger partial charge in [-0.3, -0.25) is 15.1 Å². The van der Waals surface area contributed by atoms with Gasteiger partial charge in [-0.25, -0.2) is 0 Å². The van der Waals surface area contributed by atoms with Crippen LogP contribution < -0.4 is 5.73 Å². The third-order valence-electron chi connectivity index (χ3n) is 6.31. The van der Waals surface area contributed by atoms with E-state index in [9.17, 15) is 13.2 Å². The molecule has 1 atom stereocenters. The monoisotopic (exact) mass is 463 g/mol. The number of carbonyl (C=O) groups is 1. The lowest BCUT2D eigenvalue weighted by atomic mass is 10.0. The lowest BCUT2D eigenvalue weighted by molar-refractivity contribution is -0.915. The molecule has 7 heteroatoms. The van der Waals surface area contributed by atoms with Gasteiger partial charge in [0.15, 0.2) is 0 Å². The molecule has 186 valence electrons. The zero-order chi connectivity index (χ0) is 23.6. The van der Waals surface area contributed by atoms with Gasteiger partial charge in [-0.05, 0) is 6.42 Å². The fourth-order valence-corrected chi connectivity index (χ4v) is 4.44. The number of hydrogen-bond acceptors (Lipinski definition) is 4. The molecule has 0 aromatic heterocycles. The van der Waals surface area contributed by atoms with Crippen LogP contribution in [0.4, 0.5) is 0 Å². The predicted octanol–water partition coefficient (Wildman–Crippen LogP) is 5.46. The molecule has 0 aliphatic rings. The first-order chi connectivity index (χ1) is 14.6. The van der Waals surface area contributed by atoms with E-state index in [-0.39, 0.29) is 17.7 Å². The molecule has 0 amide bonds. The number of ketones is 1. The second-order valence-corrected chi connectivity index (χ2v) is 11.4. The summed E-state index contributed by atoms with van der Waals surface area (Å²) in [5.74, 6) is 0.0239. The number of carbonyl (C=O) groups excluding carboxylic acids is 1. The summed E-state index contributed by atoms with van der Waals surface area (Å²) in [6.45, 7) is 2.81. The summed E-state index contributed by atoms with van der Waals surface area (Å²) in [6.07, 6.45) is 18.8. The Hall–Kier alpha value is -0.500. The summed E-state index contributed by atoms with van der Waals surface area (Å²) in [5, 5.41) is 0. The lowest BCUT2D eigenvalue weighted by Gasteiger charge is -2.35. The van der Waals surface area contributed by atoms with Gasteiger partial charge in [-0.15, -0.1) is 0 Å². The highest BCUT2D eigenvalue weighted by atomic mass is 32.2. The Morgan fingerprint density at radius 1 is 0.806 bits per heavy atom. The maximum atomic E-state index is 12.1. The van der Waals surface area contributed by atoms with Crippen LogP contribution in [0.2, 0.25) is 0 Å². The average molecular weight is 464 g/mol. The molecule has 0 aromatic carbocycles. The largest absolute Gasteiger partial charge is 0.314 e. The van der Waals surface area contributed by atoms with E-state index < -0.39 is 10.1 Å². The van der Waals surface area contributed by atoms with Crippen molar-refractivity contribution in [1.82, 2.24) is 0 Å². The summed E-state index contributed by atoms with van der Waals surface area (Å²) < 4.78 is 31.0. The fraction of sp³-hybridized carbons (Fsp3) is 0.958. The van der Waals surface area contributed by atoms with Crippen molar-refractivity contribution in [2.45, 2.75) is 122 Å². The molecule has 0 bridgehead atoms. The quantitative estimate of drug-likeness (QED) is 0.0962. The molecule has 0 aliphatic heterocycles. The highest BCUT2D eigenvalue weighted by molar-refractivity contribution is 7.85. The second kappa shape index (κ2) is 18.0. The molecule has 1 unspecified atom stereocenters. The Kier molecular flexibility index (Phi) is 17.7. The van der Waals surface area contributed by atoms with E-state index >= 15 is 0 Å². The first-order valence-corrected chi connectivity index (χ1v) is 14.2. The van der Waals surface area contributed by atoms with Crippen molar-refractivity contribution in [3.63, 3.8) is 0 Å². The van der Waals surface area contributed by atoms with Gasteiger partial charge in [-0.2, -0.15) is 8.42 Å². The first kappa shape index (κ1) is 30.5. The summed E-state index contributed by atoms with van der Waals surface area (Å²) in [6, 6.07) is 0. The Balaban J connectivity index is 3.62. The third-order valence-corrected chi connectivity index (χ3v) is 7.12. The van der Waals surface area contributed by atoms with Crippen LogP contribution in [0.1, 0.15) is 116 Å². The smallest absolute Gasteiger partial charge is 0.265 e. The summed E-state index contributed by atoms with van der Waals surface area (Å²) in [5.41, 5.74) is 6.23. The SMILES string of the molecule is CCCCCCCCCCCCCCCC(=O)CCC(N)[N+](C)(C)CCCS(=O)(=O)O. The van der Waals surface area contributed by atoms with E-state index in [1.165, 1.54) is 70.6 Å². The van der Waals surface area contributed by atoms with E-state index in [1.54, 1.807) is 0 Å². The minimum atomic E-state index is -3.93. The Morgan fingerprint density at radius 2 is 1.26 bits per heavy atom. The number of Topliss-reactive ketones (excluding diaryl/α,β-unsaturated/α-hetero) is 1. The maximum absolute atomic E-state index is 12.1. The average Bonchev–Trinajstić information content (AvgIpc) is 2.68. The van der Waals surface area contributed by atoms with Gasteiger partial charge in [0.2, 0.25) is 0 Å². The Bertz CT molecular complexity index is 550. The maximum Gasteiger partial charge on any atom is 0.265 e. The minimum Gasteiger partial charge on any atom is -0.314 e. The normalized spacial score (nSPS) is 13.5. The first-order valence-electron chi connectivity index (χ1n) is 12.6. The van der Waals surface area contributed by atoms with Gasteiger partial charge in [0, 0.05) is 25.7 Å². The predicted molar refractivity (Wildman–Crippen MR) is 131 cm³/mol. The van der Waals surface area contributed by atoms with E-state index in [4.69, 9.17) is 10.3 Å². The minimum absolute atomic E-state index is 0.211. The molecular formula is C24H51N2O4S+. The van der Waals surface area contributed by atoms with Gasteiger partial charge >= 0.3 is 0 Å². The number of quaternary nitrogens is 1. The molecule has 0 saturated carbocycles. The number of unbranched alkanes of at least 4 members (excludes halogenated alkanes) is 12. The number of nitrogens with zero attached hydrogens (tertiary/aromatic N) is 1. The van der Waals surface area contributed by atoms with Crippen molar-refractivity contribution in [1.29, 1.82) is 0 Å². The molecular weight excluding hydrogens is 412 g/mol. The molecule has 6 nitrogen and oxygen atoms in total. The van der Waals surface area contributed by atoms with Gasteiger partial charge in [0.1, 0.15) is 11.9 Å². The van der Waals surface area contributed by atoms with Crippen molar-refractivity contribution in [3.8, 4) is 0 Å². The van der Waals surface area contributed by atoms with Gasteiger partial charge in [-0.1, -0.05) is 84.0 Å². The van der Waals surface area contributed by atoms with E-state index in [0.717, 1.165) is 12.8 Å². The number of rotatable bonds is 22. The van der Waals surface area contributed by atoms with E-state index in [0.29, 0.717) is 36.7 Å². The van der Waals surface area contributed by atoms with Crippen molar-refractivity contribution in [2.75, 3.05) is 26.4 Å². The van der Waals surface area contributed by atoms with Crippen molar-refractivity contribution in [2.24, 2.45) is 5.73 Å². The van der Waals surface area contributed by atoms with Gasteiger partial charge < -0.3 is 4.48 Å². The molecule has 0 aromatic rings. The molecule has 0 radical (unpaired) electrons. The van der Waals surface area contributed by atoms with Crippen LogP contribution in [0.3, 0.4) is 0 Å². The molecule has 31 heavy (non-hydrogen) atoms. The molecule has 0 heterocycles. The Morgan fingerprint density at radius 3 is 1.71 bits per heavy atom. The van der Waals surface area contributed by atoms with Crippen molar-refractivity contribution < 1.29 is 22.2 Å². The number of nitrogens with two attached hydrogens (primary N) is 1. The number of hydrogen-bond donors (Lipinski definition) is 2. The topological polar surface area (TPSA) is 97.5 Å². The standard InChI is InChI=1S/C24H50N2O4S/c1-4-5-6-7-8-9-10-11-12-13-14-15-16-18-23(27)19-20-24(25)26(2,3)21-17-22-31(28,29)30/h24H,4-22,25H2,1-3H3/p+1. The van der Waals surface area contributed by atoms with Crippen LogP contribution in [-0.2, 0) is 14.9 Å². The molecule has 0 saturated heterocycles. The van der Waals surface area contributed by atoms with Crippen LogP contribution in [0, 0.1) is 0 Å². The van der Waals surface area contributed by atoms with Crippen LogP contribution in [-0.4, -0.2) is 55.8 Å². The Labute approximate surface area is 192 Å². The molecule has 0 spiro atoms.